The van der Waals surface area contributed by atoms with Gasteiger partial charge in [0.15, 0.2) is 0 Å². The smallest absolute Gasteiger partial charge is 0.329 e. The van der Waals surface area contributed by atoms with Crippen LogP contribution in [0.15, 0.2) is 29.2 Å². The van der Waals surface area contributed by atoms with Crippen molar-refractivity contribution in [1.29, 1.82) is 0 Å². The van der Waals surface area contributed by atoms with Crippen molar-refractivity contribution < 1.29 is 14.7 Å². The third-order valence-electron chi connectivity index (χ3n) is 4.36. The van der Waals surface area contributed by atoms with E-state index in [1.165, 1.54) is 4.90 Å². The molecule has 1 aromatic rings. The van der Waals surface area contributed by atoms with Gasteiger partial charge in [-0.2, -0.15) is 0 Å². The Balaban J connectivity index is 2.25. The normalized spacial score (nSPS) is 17.2. The maximum absolute atomic E-state index is 12.6. The quantitative estimate of drug-likeness (QED) is 0.867. The molecule has 1 N–H and O–H groups in total. The highest BCUT2D eigenvalue weighted by Gasteiger charge is 2.45. The van der Waals surface area contributed by atoms with Crippen LogP contribution in [-0.4, -0.2) is 40.7 Å². The van der Waals surface area contributed by atoms with Crippen molar-refractivity contribution in [2.75, 3.05) is 13.3 Å². The van der Waals surface area contributed by atoms with E-state index in [-0.39, 0.29) is 5.91 Å². The van der Waals surface area contributed by atoms with Gasteiger partial charge in [0.1, 0.15) is 5.54 Å². The molecule has 0 radical (unpaired) electrons. The number of carboxylic acids is 1. The molecule has 1 saturated carbocycles. The van der Waals surface area contributed by atoms with E-state index in [4.69, 9.17) is 0 Å². The van der Waals surface area contributed by atoms with Crippen LogP contribution in [0.5, 0.6) is 0 Å². The molecule has 0 unspecified atom stereocenters. The first-order chi connectivity index (χ1) is 10.0. The third-order valence-corrected chi connectivity index (χ3v) is 5.11. The van der Waals surface area contributed by atoms with Crippen LogP contribution in [0.4, 0.5) is 0 Å². The molecule has 21 heavy (non-hydrogen) atoms. The molecule has 0 saturated heterocycles. The fraction of sp³-hybridized carbons (Fsp3) is 0.500. The maximum atomic E-state index is 12.6. The first-order valence-corrected chi connectivity index (χ1v) is 8.39. The lowest BCUT2D eigenvalue weighted by Gasteiger charge is -2.41. The Morgan fingerprint density at radius 3 is 2.19 bits per heavy atom. The Morgan fingerprint density at radius 2 is 1.71 bits per heavy atom. The number of thioether (sulfide) groups is 1. The molecular formula is C16H21NO3S. The first kappa shape index (κ1) is 15.9. The summed E-state index contributed by atoms with van der Waals surface area (Å²) in [5.41, 5.74) is -0.505. The van der Waals surface area contributed by atoms with E-state index >= 15 is 0 Å². The molecule has 4 nitrogen and oxygen atoms in total. The van der Waals surface area contributed by atoms with E-state index < -0.39 is 11.5 Å². The van der Waals surface area contributed by atoms with E-state index in [1.54, 1.807) is 30.9 Å². The lowest BCUT2D eigenvalue weighted by Crippen LogP contribution is -2.56. The van der Waals surface area contributed by atoms with Gasteiger partial charge in [0.05, 0.1) is 0 Å². The molecular weight excluding hydrogens is 286 g/mol. The monoisotopic (exact) mass is 307 g/mol. The molecule has 114 valence electrons. The van der Waals surface area contributed by atoms with Crippen LogP contribution < -0.4 is 0 Å². The molecule has 1 aliphatic carbocycles. The molecule has 0 aliphatic heterocycles. The van der Waals surface area contributed by atoms with Crippen LogP contribution in [-0.2, 0) is 4.79 Å². The SMILES string of the molecule is CSc1ccc(C(=O)N(C)C2(C(=O)O)CCCCC2)cc1. The van der Waals surface area contributed by atoms with Crippen LogP contribution in [0.25, 0.3) is 0 Å². The number of benzene rings is 1. The van der Waals surface area contributed by atoms with Gasteiger partial charge >= 0.3 is 5.97 Å². The van der Waals surface area contributed by atoms with Gasteiger partial charge in [0.25, 0.3) is 5.91 Å². The van der Waals surface area contributed by atoms with Gasteiger partial charge < -0.3 is 10.0 Å². The summed E-state index contributed by atoms with van der Waals surface area (Å²) in [6.45, 7) is 0. The molecule has 1 aliphatic rings. The minimum atomic E-state index is -1.05. The van der Waals surface area contributed by atoms with Crippen LogP contribution >= 0.6 is 11.8 Å². The van der Waals surface area contributed by atoms with Crippen molar-refractivity contribution >= 4 is 23.6 Å². The summed E-state index contributed by atoms with van der Waals surface area (Å²) in [4.78, 5) is 26.9. The largest absolute Gasteiger partial charge is 0.479 e. The molecule has 0 aromatic heterocycles. The summed E-state index contributed by atoms with van der Waals surface area (Å²) in [5.74, 6) is -1.11. The van der Waals surface area contributed by atoms with Crippen molar-refractivity contribution in [2.45, 2.75) is 42.5 Å². The average Bonchev–Trinajstić information content (AvgIpc) is 2.54. The topological polar surface area (TPSA) is 57.6 Å². The molecule has 2 rings (SSSR count). The lowest BCUT2D eigenvalue weighted by molar-refractivity contribution is -0.151. The Morgan fingerprint density at radius 1 is 1.14 bits per heavy atom. The van der Waals surface area contributed by atoms with Crippen molar-refractivity contribution in [3.8, 4) is 0 Å². The van der Waals surface area contributed by atoms with Crippen molar-refractivity contribution in [3.05, 3.63) is 29.8 Å². The minimum absolute atomic E-state index is 0.216. The number of carboxylic acid groups (broad SMARTS) is 1. The highest BCUT2D eigenvalue weighted by Crippen LogP contribution is 2.34. The number of aliphatic carboxylic acids is 1. The second-order valence-corrected chi connectivity index (χ2v) is 6.37. The van der Waals surface area contributed by atoms with E-state index in [0.29, 0.717) is 18.4 Å². The number of hydrogen-bond acceptors (Lipinski definition) is 3. The second kappa shape index (κ2) is 6.52. The number of nitrogens with zero attached hydrogens (tertiary/aromatic N) is 1. The predicted molar refractivity (Wildman–Crippen MR) is 83.8 cm³/mol. The summed E-state index contributed by atoms with van der Waals surface area (Å²) < 4.78 is 0. The molecule has 1 aromatic carbocycles. The Kier molecular flexibility index (Phi) is 4.93. The average molecular weight is 307 g/mol. The molecule has 1 fully saturated rings. The number of amides is 1. The zero-order valence-electron chi connectivity index (χ0n) is 12.5. The van der Waals surface area contributed by atoms with E-state index in [2.05, 4.69) is 0 Å². The highest BCUT2D eigenvalue weighted by atomic mass is 32.2. The highest BCUT2D eigenvalue weighted by molar-refractivity contribution is 7.98. The van der Waals surface area contributed by atoms with Gasteiger partial charge in [-0.25, -0.2) is 4.79 Å². The number of rotatable bonds is 4. The molecule has 0 spiro atoms. The zero-order valence-corrected chi connectivity index (χ0v) is 13.3. The Bertz CT molecular complexity index is 521. The van der Waals surface area contributed by atoms with Gasteiger partial charge in [-0.3, -0.25) is 4.79 Å². The van der Waals surface area contributed by atoms with Crippen molar-refractivity contribution in [1.82, 2.24) is 4.90 Å². The minimum Gasteiger partial charge on any atom is -0.479 e. The standard InChI is InChI=1S/C16H21NO3S/c1-17(16(15(19)20)10-4-3-5-11-16)14(18)12-6-8-13(21-2)9-7-12/h6-9H,3-5,10-11H2,1-2H3,(H,19,20). The molecule has 5 heteroatoms. The van der Waals surface area contributed by atoms with Gasteiger partial charge in [0, 0.05) is 17.5 Å². The predicted octanol–water partition coefficient (Wildman–Crippen LogP) is 3.27. The van der Waals surface area contributed by atoms with Crippen LogP contribution in [0, 0.1) is 0 Å². The molecule has 0 atom stereocenters. The summed E-state index contributed by atoms with van der Waals surface area (Å²) >= 11 is 1.61. The first-order valence-electron chi connectivity index (χ1n) is 7.17. The van der Waals surface area contributed by atoms with Gasteiger partial charge in [-0.15, -0.1) is 11.8 Å². The van der Waals surface area contributed by atoms with Crippen LogP contribution in [0.1, 0.15) is 42.5 Å². The maximum Gasteiger partial charge on any atom is 0.329 e. The Labute approximate surface area is 129 Å². The fourth-order valence-corrected chi connectivity index (χ4v) is 3.36. The summed E-state index contributed by atoms with van der Waals surface area (Å²) in [6.07, 6.45) is 5.80. The lowest BCUT2D eigenvalue weighted by atomic mass is 9.80. The summed E-state index contributed by atoms with van der Waals surface area (Å²) in [7, 11) is 1.62. The zero-order chi connectivity index (χ0) is 15.5. The van der Waals surface area contributed by atoms with E-state index in [0.717, 1.165) is 24.2 Å². The summed E-state index contributed by atoms with van der Waals surface area (Å²) in [6, 6.07) is 7.31. The number of carbonyl (C=O) groups is 2. The van der Waals surface area contributed by atoms with Crippen LogP contribution in [0.2, 0.25) is 0 Å². The Hall–Kier alpha value is -1.49. The van der Waals surface area contributed by atoms with E-state index in [9.17, 15) is 14.7 Å². The van der Waals surface area contributed by atoms with Crippen molar-refractivity contribution in [3.63, 3.8) is 0 Å². The number of carbonyl (C=O) groups excluding carboxylic acids is 1. The van der Waals surface area contributed by atoms with Gasteiger partial charge in [0.2, 0.25) is 0 Å². The molecule has 0 heterocycles. The molecule has 0 bridgehead atoms. The van der Waals surface area contributed by atoms with Crippen LogP contribution in [0.3, 0.4) is 0 Å². The third kappa shape index (κ3) is 3.07. The van der Waals surface area contributed by atoms with Gasteiger partial charge in [-0.05, 0) is 43.4 Å². The summed E-state index contributed by atoms with van der Waals surface area (Å²) in [5, 5.41) is 9.64. The van der Waals surface area contributed by atoms with Gasteiger partial charge in [-0.1, -0.05) is 19.3 Å². The molecule has 1 amide bonds. The van der Waals surface area contributed by atoms with E-state index in [1.807, 2.05) is 18.4 Å². The van der Waals surface area contributed by atoms with Crippen molar-refractivity contribution in [2.24, 2.45) is 0 Å². The number of likely N-dealkylation sites (N-methyl/N-ethyl adjacent to an activating group) is 1. The fourth-order valence-electron chi connectivity index (χ4n) is 2.95. The second-order valence-electron chi connectivity index (χ2n) is 5.49. The number of hydrogen-bond donors (Lipinski definition) is 1.